The predicted octanol–water partition coefficient (Wildman–Crippen LogP) is 3.56. The van der Waals surface area contributed by atoms with Crippen LogP contribution in [0.4, 0.5) is 5.82 Å². The summed E-state index contributed by atoms with van der Waals surface area (Å²) in [5.41, 5.74) is 2.27. The average molecular weight is 411 g/mol. The number of imidazole rings is 1. The van der Waals surface area contributed by atoms with Crippen molar-refractivity contribution in [3.63, 3.8) is 0 Å². The number of carbonyl (C=O) groups is 1. The smallest absolute Gasteiger partial charge is 0.255 e. The first-order valence-corrected chi connectivity index (χ1v) is 10.6. The van der Waals surface area contributed by atoms with Gasteiger partial charge < -0.3 is 14.4 Å². The van der Waals surface area contributed by atoms with Crippen LogP contribution in [-0.4, -0.2) is 56.5 Å². The van der Waals surface area contributed by atoms with Gasteiger partial charge in [0.2, 0.25) is 0 Å². The number of pyridine rings is 2. The summed E-state index contributed by atoms with van der Waals surface area (Å²) in [7, 11) is 0. The van der Waals surface area contributed by atoms with Gasteiger partial charge in [0.05, 0.1) is 16.9 Å². The predicted molar refractivity (Wildman–Crippen MR) is 112 cm³/mol. The van der Waals surface area contributed by atoms with Gasteiger partial charge in [0.1, 0.15) is 11.3 Å². The quantitative estimate of drug-likeness (QED) is 0.660. The molecular weight excluding hydrogens is 388 g/mol. The molecule has 150 valence electrons. The molecule has 1 aliphatic heterocycles. The van der Waals surface area contributed by atoms with Crippen molar-refractivity contribution in [3.8, 4) is 0 Å². The maximum absolute atomic E-state index is 13.0. The molecule has 0 N–H and O–H groups in total. The van der Waals surface area contributed by atoms with Crippen LogP contribution in [0.1, 0.15) is 42.1 Å². The summed E-state index contributed by atoms with van der Waals surface area (Å²) in [6, 6.07) is 6.02. The SMILES string of the molecule is O=C(c1cnc2c(c1)ncn2C1CCCC1)N1CCN(c2ncccc2Cl)CC1. The van der Waals surface area contributed by atoms with E-state index in [0.717, 1.165) is 17.0 Å². The number of rotatable bonds is 3. The minimum Gasteiger partial charge on any atom is -0.352 e. The first-order chi connectivity index (χ1) is 14.2. The van der Waals surface area contributed by atoms with Crippen LogP contribution < -0.4 is 4.90 Å². The van der Waals surface area contributed by atoms with Gasteiger partial charge in [-0.25, -0.2) is 15.0 Å². The third-order valence-electron chi connectivity index (χ3n) is 5.98. The summed E-state index contributed by atoms with van der Waals surface area (Å²) in [5, 5.41) is 0.639. The van der Waals surface area contributed by atoms with Crippen LogP contribution in [0.2, 0.25) is 5.02 Å². The molecule has 29 heavy (non-hydrogen) atoms. The number of carbonyl (C=O) groups excluding carboxylic acids is 1. The largest absolute Gasteiger partial charge is 0.352 e. The van der Waals surface area contributed by atoms with Gasteiger partial charge in [-0.15, -0.1) is 0 Å². The molecule has 0 unspecified atom stereocenters. The topological polar surface area (TPSA) is 67.2 Å². The van der Waals surface area contributed by atoms with E-state index in [4.69, 9.17) is 11.6 Å². The average Bonchev–Trinajstić information content (AvgIpc) is 3.43. The number of hydrogen-bond donors (Lipinski definition) is 0. The number of aromatic nitrogens is 4. The molecule has 0 spiro atoms. The molecule has 0 aromatic carbocycles. The zero-order valence-corrected chi connectivity index (χ0v) is 16.9. The Morgan fingerprint density at radius 1 is 1.07 bits per heavy atom. The van der Waals surface area contributed by atoms with E-state index in [1.54, 1.807) is 12.4 Å². The van der Waals surface area contributed by atoms with Gasteiger partial charge in [0.25, 0.3) is 5.91 Å². The van der Waals surface area contributed by atoms with Crippen molar-refractivity contribution in [3.05, 3.63) is 47.5 Å². The van der Waals surface area contributed by atoms with Gasteiger partial charge in [0.15, 0.2) is 5.65 Å². The molecule has 1 saturated carbocycles. The molecular formula is C21H23ClN6O. The lowest BCUT2D eigenvalue weighted by Gasteiger charge is -2.35. The Hall–Kier alpha value is -2.67. The fourth-order valence-corrected chi connectivity index (χ4v) is 4.64. The van der Waals surface area contributed by atoms with Crippen LogP contribution in [0.25, 0.3) is 11.2 Å². The Labute approximate surface area is 174 Å². The second-order valence-electron chi connectivity index (χ2n) is 7.74. The van der Waals surface area contributed by atoms with Crippen LogP contribution in [0, 0.1) is 0 Å². The maximum atomic E-state index is 13.0. The van der Waals surface area contributed by atoms with Crippen molar-refractivity contribution in [1.82, 2.24) is 24.4 Å². The number of fused-ring (bicyclic) bond motifs is 1. The Morgan fingerprint density at radius 2 is 1.86 bits per heavy atom. The molecule has 7 nitrogen and oxygen atoms in total. The number of nitrogens with zero attached hydrogens (tertiary/aromatic N) is 6. The fourth-order valence-electron chi connectivity index (χ4n) is 4.40. The van der Waals surface area contributed by atoms with E-state index in [0.29, 0.717) is 42.8 Å². The minimum atomic E-state index is 0.00147. The zero-order valence-electron chi connectivity index (χ0n) is 16.2. The Bertz CT molecular complexity index is 1040. The van der Waals surface area contributed by atoms with E-state index < -0.39 is 0 Å². The van der Waals surface area contributed by atoms with Crippen LogP contribution in [0.5, 0.6) is 0 Å². The van der Waals surface area contributed by atoms with Crippen LogP contribution in [0.3, 0.4) is 0 Å². The molecule has 2 fully saturated rings. The molecule has 0 bridgehead atoms. The Balaban J connectivity index is 1.30. The van der Waals surface area contributed by atoms with Crippen LogP contribution >= 0.6 is 11.6 Å². The third-order valence-corrected chi connectivity index (χ3v) is 6.28. The molecule has 3 aromatic heterocycles. The highest BCUT2D eigenvalue weighted by atomic mass is 35.5. The number of hydrogen-bond acceptors (Lipinski definition) is 5. The summed E-state index contributed by atoms with van der Waals surface area (Å²) in [6.45, 7) is 2.66. The highest BCUT2D eigenvalue weighted by Gasteiger charge is 2.25. The Kier molecular flexibility index (Phi) is 4.83. The summed E-state index contributed by atoms with van der Waals surface area (Å²) in [6.07, 6.45) is 10.2. The first kappa shape index (κ1) is 18.4. The maximum Gasteiger partial charge on any atom is 0.255 e. The molecule has 3 aromatic rings. The molecule has 8 heteroatoms. The lowest BCUT2D eigenvalue weighted by atomic mass is 10.2. The van der Waals surface area contributed by atoms with E-state index in [9.17, 15) is 4.79 Å². The Morgan fingerprint density at radius 3 is 2.62 bits per heavy atom. The molecule has 1 amide bonds. The van der Waals surface area contributed by atoms with Crippen LogP contribution in [-0.2, 0) is 0 Å². The van der Waals surface area contributed by atoms with Crippen molar-refractivity contribution in [2.24, 2.45) is 0 Å². The van der Waals surface area contributed by atoms with Gasteiger partial charge in [-0.1, -0.05) is 24.4 Å². The number of piperazine rings is 1. The molecule has 4 heterocycles. The normalized spacial score (nSPS) is 18.0. The van der Waals surface area contributed by atoms with Gasteiger partial charge in [-0.05, 0) is 31.0 Å². The van der Waals surface area contributed by atoms with E-state index in [-0.39, 0.29) is 5.91 Å². The molecule has 5 rings (SSSR count). The number of amides is 1. The van der Waals surface area contributed by atoms with E-state index in [1.165, 1.54) is 25.7 Å². The van der Waals surface area contributed by atoms with Crippen molar-refractivity contribution in [2.75, 3.05) is 31.1 Å². The summed E-state index contributed by atoms with van der Waals surface area (Å²) in [4.78, 5) is 30.5. The van der Waals surface area contributed by atoms with Gasteiger partial charge in [-0.2, -0.15) is 0 Å². The first-order valence-electron chi connectivity index (χ1n) is 10.2. The van der Waals surface area contributed by atoms with E-state index in [1.807, 2.05) is 29.4 Å². The monoisotopic (exact) mass is 410 g/mol. The third kappa shape index (κ3) is 3.44. The zero-order chi connectivity index (χ0) is 19.8. The summed E-state index contributed by atoms with van der Waals surface area (Å²) >= 11 is 6.25. The number of halogens is 1. The minimum absolute atomic E-state index is 0.00147. The number of anilines is 1. The van der Waals surface area contributed by atoms with Crippen LogP contribution in [0.15, 0.2) is 36.9 Å². The van der Waals surface area contributed by atoms with Crippen molar-refractivity contribution < 1.29 is 4.79 Å². The molecule has 2 aliphatic rings. The highest BCUT2D eigenvalue weighted by molar-refractivity contribution is 6.32. The highest BCUT2D eigenvalue weighted by Crippen LogP contribution is 2.31. The summed E-state index contributed by atoms with van der Waals surface area (Å²) < 4.78 is 2.17. The second-order valence-corrected chi connectivity index (χ2v) is 8.15. The van der Waals surface area contributed by atoms with Crippen molar-refractivity contribution in [1.29, 1.82) is 0 Å². The molecule has 1 saturated heterocycles. The van der Waals surface area contributed by atoms with Crippen molar-refractivity contribution >= 4 is 34.5 Å². The van der Waals surface area contributed by atoms with E-state index >= 15 is 0 Å². The van der Waals surface area contributed by atoms with E-state index in [2.05, 4.69) is 24.4 Å². The van der Waals surface area contributed by atoms with Crippen molar-refractivity contribution in [2.45, 2.75) is 31.7 Å². The summed E-state index contributed by atoms with van der Waals surface area (Å²) in [5.74, 6) is 0.781. The second kappa shape index (κ2) is 7.63. The van der Waals surface area contributed by atoms with Gasteiger partial charge >= 0.3 is 0 Å². The fraction of sp³-hybridized carbons (Fsp3) is 0.429. The lowest BCUT2D eigenvalue weighted by molar-refractivity contribution is 0.0746. The lowest BCUT2D eigenvalue weighted by Crippen LogP contribution is -2.49. The van der Waals surface area contributed by atoms with Gasteiger partial charge in [-0.3, -0.25) is 4.79 Å². The van der Waals surface area contributed by atoms with Gasteiger partial charge in [0, 0.05) is 44.6 Å². The molecule has 0 atom stereocenters. The molecule has 0 radical (unpaired) electrons. The standard InChI is InChI=1S/C21H23ClN6O/c22-17-6-3-7-23-19(17)26-8-10-27(11-9-26)21(29)15-12-18-20(24-13-15)28(14-25-18)16-4-1-2-5-16/h3,6-7,12-14,16H,1-2,4-5,8-11H2. The molecule has 1 aliphatic carbocycles.